The number of fused-ring (bicyclic) bond motifs is 1. The molecule has 1 aliphatic heterocycles. The highest BCUT2D eigenvalue weighted by Gasteiger charge is 2.27. The first kappa shape index (κ1) is 29.4. The average molecular weight is 600 g/mol. The Labute approximate surface area is 241 Å². The minimum Gasteiger partial charge on any atom is -0.491 e. The van der Waals surface area contributed by atoms with Gasteiger partial charge in [-0.05, 0) is 69.4 Å². The van der Waals surface area contributed by atoms with Crippen molar-refractivity contribution in [2.75, 3.05) is 45.8 Å². The Bertz CT molecular complexity index is 1720. The Kier molecular flexibility index (Phi) is 8.43. The number of rotatable bonds is 10. The van der Waals surface area contributed by atoms with Crippen molar-refractivity contribution in [1.82, 2.24) is 15.1 Å². The summed E-state index contributed by atoms with van der Waals surface area (Å²) in [6.45, 7) is 2.02. The van der Waals surface area contributed by atoms with E-state index in [0.29, 0.717) is 78.9 Å². The van der Waals surface area contributed by atoms with Gasteiger partial charge in [-0.3, -0.25) is 9.89 Å². The molecule has 42 heavy (non-hydrogen) atoms. The molecule has 0 aliphatic carbocycles. The van der Waals surface area contributed by atoms with Crippen LogP contribution in [0.25, 0.3) is 22.2 Å². The number of benzene rings is 3. The predicted octanol–water partition coefficient (Wildman–Crippen LogP) is 3.97. The number of aromatic amines is 1. The van der Waals surface area contributed by atoms with Crippen LogP contribution in [0.3, 0.4) is 0 Å². The van der Waals surface area contributed by atoms with Gasteiger partial charge in [0.25, 0.3) is 5.91 Å². The lowest BCUT2D eigenvalue weighted by Crippen LogP contribution is -2.29. The van der Waals surface area contributed by atoms with Crippen LogP contribution in [0.1, 0.15) is 23.2 Å². The summed E-state index contributed by atoms with van der Waals surface area (Å²) in [5, 5.41) is 11.3. The summed E-state index contributed by atoms with van der Waals surface area (Å²) in [5.74, 6) is -2.28. The van der Waals surface area contributed by atoms with Crippen LogP contribution in [0.15, 0.2) is 58.3 Å². The number of H-pyrrole nitrogens is 1. The number of hydrogen-bond donors (Lipinski definition) is 3. The van der Waals surface area contributed by atoms with E-state index in [-0.39, 0.29) is 16.5 Å². The van der Waals surface area contributed by atoms with E-state index < -0.39 is 32.3 Å². The Hall–Kier alpha value is -4.07. The third-order valence-corrected chi connectivity index (χ3v) is 8.76. The standard InChI is InChI=1S/C29H31F2N5O5S/c1-36(2)9-12-41-25-6-4-22(29(32)37)27(33-19-7-10-40-11-8-19)26(25)28-23-16-20(3-5-24(23)34-35-28)42(38,39)21-14-17(30)13-18(31)15-21/h3-6,13-16,19,33H,7-12H2,1-2H3,(H2,32,37)(H,34,35). The minimum absolute atomic E-state index is 0.0309. The fourth-order valence-electron chi connectivity index (χ4n) is 4.85. The van der Waals surface area contributed by atoms with Gasteiger partial charge in [-0.15, -0.1) is 0 Å². The van der Waals surface area contributed by atoms with Gasteiger partial charge in [-0.1, -0.05) is 0 Å². The van der Waals surface area contributed by atoms with Gasteiger partial charge in [0.15, 0.2) is 0 Å². The van der Waals surface area contributed by atoms with Gasteiger partial charge in [0, 0.05) is 37.3 Å². The number of anilines is 1. The zero-order valence-electron chi connectivity index (χ0n) is 23.1. The van der Waals surface area contributed by atoms with E-state index in [9.17, 15) is 22.0 Å². The molecule has 1 aliphatic rings. The molecule has 4 N–H and O–H groups in total. The number of carbonyl (C=O) groups is 1. The number of likely N-dealkylation sites (N-methyl/N-ethyl adjacent to an activating group) is 1. The SMILES string of the molecule is CN(C)CCOc1ccc(C(N)=O)c(NC2CCOCC2)c1-c1n[nH]c2ccc(S(=O)(=O)c3cc(F)cc(F)c3)cc12. The van der Waals surface area contributed by atoms with Crippen molar-refractivity contribution in [2.45, 2.75) is 28.7 Å². The molecule has 0 bridgehead atoms. The van der Waals surface area contributed by atoms with Gasteiger partial charge >= 0.3 is 0 Å². The second-order valence-corrected chi connectivity index (χ2v) is 12.2. The smallest absolute Gasteiger partial charge is 0.250 e. The highest BCUT2D eigenvalue weighted by Crippen LogP contribution is 2.43. The molecular weight excluding hydrogens is 568 g/mol. The zero-order valence-corrected chi connectivity index (χ0v) is 23.9. The first-order chi connectivity index (χ1) is 20.0. The molecule has 1 amide bonds. The Morgan fingerprint density at radius 3 is 2.48 bits per heavy atom. The van der Waals surface area contributed by atoms with E-state index >= 15 is 0 Å². The number of primary amides is 1. The summed E-state index contributed by atoms with van der Waals surface area (Å²) in [5.41, 5.74) is 7.65. The predicted molar refractivity (Wildman–Crippen MR) is 153 cm³/mol. The monoisotopic (exact) mass is 599 g/mol. The Morgan fingerprint density at radius 1 is 1.10 bits per heavy atom. The third-order valence-electron chi connectivity index (χ3n) is 7.03. The minimum atomic E-state index is -4.30. The number of ether oxygens (including phenoxy) is 2. The fourth-order valence-corrected chi connectivity index (χ4v) is 6.18. The molecule has 5 rings (SSSR count). The number of sulfone groups is 1. The van der Waals surface area contributed by atoms with Crippen molar-refractivity contribution >= 4 is 32.3 Å². The molecule has 10 nitrogen and oxygen atoms in total. The summed E-state index contributed by atoms with van der Waals surface area (Å²) < 4.78 is 66.3. The van der Waals surface area contributed by atoms with Crippen LogP contribution in [-0.4, -0.2) is 75.9 Å². The van der Waals surface area contributed by atoms with Crippen LogP contribution in [-0.2, 0) is 14.6 Å². The molecule has 0 saturated carbocycles. The number of nitrogens with two attached hydrogens (primary N) is 1. The van der Waals surface area contributed by atoms with Gasteiger partial charge in [-0.25, -0.2) is 17.2 Å². The summed E-state index contributed by atoms with van der Waals surface area (Å²) in [6, 6.07) is 9.56. The van der Waals surface area contributed by atoms with E-state index in [4.69, 9.17) is 15.2 Å². The van der Waals surface area contributed by atoms with Gasteiger partial charge < -0.3 is 25.4 Å². The maximum atomic E-state index is 13.9. The van der Waals surface area contributed by atoms with Gasteiger partial charge in [0.2, 0.25) is 9.84 Å². The molecule has 0 unspecified atom stereocenters. The lowest BCUT2D eigenvalue weighted by Gasteiger charge is -2.27. The second-order valence-electron chi connectivity index (χ2n) is 10.3. The molecule has 1 saturated heterocycles. The summed E-state index contributed by atoms with van der Waals surface area (Å²) in [4.78, 5) is 13.8. The number of nitrogens with one attached hydrogen (secondary N) is 2. The molecule has 222 valence electrons. The number of hydrogen-bond acceptors (Lipinski definition) is 8. The molecule has 1 fully saturated rings. The van der Waals surface area contributed by atoms with Crippen molar-refractivity contribution in [3.8, 4) is 17.0 Å². The molecule has 3 aromatic carbocycles. The van der Waals surface area contributed by atoms with Crippen molar-refractivity contribution < 1.29 is 31.5 Å². The first-order valence-electron chi connectivity index (χ1n) is 13.3. The summed E-state index contributed by atoms with van der Waals surface area (Å²) in [6.07, 6.45) is 1.38. The van der Waals surface area contributed by atoms with E-state index in [0.717, 1.165) is 12.1 Å². The van der Waals surface area contributed by atoms with Crippen LogP contribution in [0.4, 0.5) is 14.5 Å². The third kappa shape index (κ3) is 6.08. The van der Waals surface area contributed by atoms with Crippen LogP contribution in [0.5, 0.6) is 5.75 Å². The highest BCUT2D eigenvalue weighted by atomic mass is 32.2. The van der Waals surface area contributed by atoms with Crippen LogP contribution in [0, 0.1) is 11.6 Å². The Morgan fingerprint density at radius 2 is 1.81 bits per heavy atom. The van der Waals surface area contributed by atoms with Crippen molar-refractivity contribution in [2.24, 2.45) is 5.73 Å². The fraction of sp³-hybridized carbons (Fsp3) is 0.310. The molecule has 13 heteroatoms. The van der Waals surface area contributed by atoms with Gasteiger partial charge in [0.1, 0.15) is 29.7 Å². The van der Waals surface area contributed by atoms with Crippen molar-refractivity contribution in [3.63, 3.8) is 0 Å². The molecule has 0 atom stereocenters. The average Bonchev–Trinajstić information content (AvgIpc) is 3.36. The molecule has 4 aromatic rings. The quantitative estimate of drug-likeness (QED) is 0.249. The van der Waals surface area contributed by atoms with Gasteiger partial charge in [-0.2, -0.15) is 5.10 Å². The number of amides is 1. The first-order valence-corrected chi connectivity index (χ1v) is 14.8. The summed E-state index contributed by atoms with van der Waals surface area (Å²) >= 11 is 0. The molecule has 0 radical (unpaired) electrons. The topological polar surface area (TPSA) is 140 Å². The van der Waals surface area contributed by atoms with Crippen molar-refractivity contribution in [3.05, 3.63) is 65.7 Å². The normalized spacial score (nSPS) is 14.4. The second kappa shape index (κ2) is 12.0. The van der Waals surface area contributed by atoms with Gasteiger partial charge in [0.05, 0.1) is 32.1 Å². The van der Waals surface area contributed by atoms with E-state index in [2.05, 4.69) is 15.5 Å². The number of halogens is 2. The number of carbonyl (C=O) groups excluding carboxylic acids is 1. The maximum Gasteiger partial charge on any atom is 0.250 e. The molecule has 0 spiro atoms. The highest BCUT2D eigenvalue weighted by molar-refractivity contribution is 7.91. The maximum absolute atomic E-state index is 13.9. The zero-order chi connectivity index (χ0) is 30.0. The number of nitrogens with zero attached hydrogens (tertiary/aromatic N) is 2. The van der Waals surface area contributed by atoms with Crippen LogP contribution < -0.4 is 15.8 Å². The molecule has 1 aromatic heterocycles. The molecular formula is C29H31F2N5O5S. The van der Waals surface area contributed by atoms with Crippen LogP contribution in [0.2, 0.25) is 0 Å². The Balaban J connectivity index is 1.69. The lowest BCUT2D eigenvalue weighted by molar-refractivity contribution is 0.0904. The lowest BCUT2D eigenvalue weighted by atomic mass is 9.98. The molecule has 2 heterocycles. The van der Waals surface area contributed by atoms with E-state index in [1.807, 2.05) is 19.0 Å². The van der Waals surface area contributed by atoms with E-state index in [1.165, 1.54) is 18.2 Å². The van der Waals surface area contributed by atoms with Crippen LogP contribution >= 0.6 is 0 Å². The van der Waals surface area contributed by atoms with E-state index in [1.54, 1.807) is 12.1 Å². The largest absolute Gasteiger partial charge is 0.491 e. The summed E-state index contributed by atoms with van der Waals surface area (Å²) in [7, 11) is -0.485. The van der Waals surface area contributed by atoms with Crippen molar-refractivity contribution in [1.29, 1.82) is 0 Å². The number of aromatic nitrogens is 2.